The van der Waals surface area contributed by atoms with Gasteiger partial charge in [-0.05, 0) is 30.0 Å². The van der Waals surface area contributed by atoms with Crippen molar-refractivity contribution in [2.24, 2.45) is 5.92 Å². The largest absolute Gasteiger partial charge is 0.508 e. The molecule has 4 heteroatoms. The van der Waals surface area contributed by atoms with Gasteiger partial charge in [0.1, 0.15) is 11.6 Å². The van der Waals surface area contributed by atoms with Crippen molar-refractivity contribution in [2.75, 3.05) is 26.2 Å². The average Bonchev–Trinajstić information content (AvgIpc) is 2.60. The van der Waals surface area contributed by atoms with Gasteiger partial charge in [-0.25, -0.2) is 0 Å². The Morgan fingerprint density at radius 2 is 1.96 bits per heavy atom. The number of rotatable bonds is 6. The molecule has 0 bridgehead atoms. The minimum atomic E-state index is 0.301. The maximum atomic E-state index is 9.30. The van der Waals surface area contributed by atoms with Crippen molar-refractivity contribution in [1.29, 1.82) is 5.41 Å². The highest BCUT2D eigenvalue weighted by molar-refractivity contribution is 5.97. The maximum Gasteiger partial charge on any atom is 0.127 e. The minimum absolute atomic E-state index is 0.301. The molecule has 2 rings (SSSR count). The molecular formula is C20H27N3O. The molecule has 0 saturated carbocycles. The number of hydrogen-bond donors (Lipinski definition) is 3. The Kier molecular flexibility index (Phi) is 6.82. The third kappa shape index (κ3) is 5.70. The van der Waals surface area contributed by atoms with Crippen LogP contribution in [0.4, 0.5) is 0 Å². The number of nitrogens with zero attached hydrogens (tertiary/aromatic N) is 1. The Labute approximate surface area is 144 Å². The summed E-state index contributed by atoms with van der Waals surface area (Å²) in [7, 11) is 0. The Morgan fingerprint density at radius 1 is 1.29 bits per heavy atom. The quantitative estimate of drug-likeness (QED) is 0.428. The number of phenols is 1. The molecule has 1 saturated heterocycles. The molecule has 128 valence electrons. The van der Waals surface area contributed by atoms with Crippen LogP contribution in [-0.4, -0.2) is 42.0 Å². The summed E-state index contributed by atoms with van der Waals surface area (Å²) in [5.41, 5.74) is 1.95. The second-order valence-corrected chi connectivity index (χ2v) is 6.20. The molecule has 1 heterocycles. The molecule has 1 fully saturated rings. The standard InChI is InChI=1S/C20H27N3O/c1-16(15-18-7-9-19(24)10-8-18)5-3-4-6-17(2)20(21)23-13-11-22-12-14-23/h3-10,16,21-22,24H,2,11-15H2,1H3/b5-3-,6-4-,21-20?. The molecule has 0 aromatic heterocycles. The molecule has 0 radical (unpaired) electrons. The number of allylic oxidation sites excluding steroid dienone is 3. The highest BCUT2D eigenvalue weighted by Crippen LogP contribution is 2.14. The number of phenolic OH excluding ortho intramolecular Hbond substituents is 1. The van der Waals surface area contributed by atoms with Crippen LogP contribution in [0.1, 0.15) is 12.5 Å². The zero-order valence-electron chi connectivity index (χ0n) is 14.3. The number of piperazine rings is 1. The first kappa shape index (κ1) is 18.0. The summed E-state index contributed by atoms with van der Waals surface area (Å²) in [5, 5.41) is 20.8. The molecule has 1 aliphatic rings. The van der Waals surface area contributed by atoms with Crippen LogP contribution >= 0.6 is 0 Å². The Hall–Kier alpha value is -2.33. The molecule has 1 aliphatic heterocycles. The van der Waals surface area contributed by atoms with E-state index in [4.69, 9.17) is 5.41 Å². The number of aromatic hydroxyl groups is 1. The molecule has 1 atom stereocenters. The first-order chi connectivity index (χ1) is 11.6. The molecule has 24 heavy (non-hydrogen) atoms. The van der Waals surface area contributed by atoms with Gasteiger partial charge in [-0.3, -0.25) is 5.41 Å². The summed E-state index contributed by atoms with van der Waals surface area (Å²) in [5.74, 6) is 1.22. The van der Waals surface area contributed by atoms with Gasteiger partial charge in [0, 0.05) is 31.8 Å². The van der Waals surface area contributed by atoms with E-state index in [0.29, 0.717) is 17.5 Å². The van der Waals surface area contributed by atoms with Crippen molar-refractivity contribution in [3.63, 3.8) is 0 Å². The van der Waals surface area contributed by atoms with Crippen molar-refractivity contribution in [2.45, 2.75) is 13.3 Å². The smallest absolute Gasteiger partial charge is 0.127 e. The lowest BCUT2D eigenvalue weighted by atomic mass is 10.0. The van der Waals surface area contributed by atoms with Gasteiger partial charge in [-0.15, -0.1) is 0 Å². The normalized spacial score (nSPS) is 16.6. The summed E-state index contributed by atoms with van der Waals surface area (Å²) in [6, 6.07) is 7.34. The summed E-state index contributed by atoms with van der Waals surface area (Å²) in [6.07, 6.45) is 8.94. The first-order valence-electron chi connectivity index (χ1n) is 8.42. The number of benzene rings is 1. The predicted molar refractivity (Wildman–Crippen MR) is 101 cm³/mol. The Morgan fingerprint density at radius 3 is 2.62 bits per heavy atom. The van der Waals surface area contributed by atoms with E-state index in [1.54, 1.807) is 12.1 Å². The van der Waals surface area contributed by atoms with Gasteiger partial charge in [0.2, 0.25) is 0 Å². The molecule has 1 aromatic rings. The lowest BCUT2D eigenvalue weighted by molar-refractivity contribution is 0.356. The van der Waals surface area contributed by atoms with E-state index in [-0.39, 0.29) is 0 Å². The Balaban J connectivity index is 1.79. The van der Waals surface area contributed by atoms with Crippen LogP contribution in [-0.2, 0) is 6.42 Å². The summed E-state index contributed by atoms with van der Waals surface area (Å²) in [6.45, 7) is 9.73. The third-order valence-electron chi connectivity index (χ3n) is 4.08. The van der Waals surface area contributed by atoms with Crippen molar-refractivity contribution < 1.29 is 5.11 Å². The molecule has 0 aliphatic carbocycles. The van der Waals surface area contributed by atoms with Crippen LogP contribution in [0.2, 0.25) is 0 Å². The molecule has 3 N–H and O–H groups in total. The van der Waals surface area contributed by atoms with Crippen molar-refractivity contribution in [3.05, 3.63) is 66.3 Å². The monoisotopic (exact) mass is 325 g/mol. The fourth-order valence-corrected chi connectivity index (χ4v) is 2.67. The fraction of sp³-hybridized carbons (Fsp3) is 0.350. The highest BCUT2D eigenvalue weighted by atomic mass is 16.3. The predicted octanol–water partition coefficient (Wildman–Crippen LogP) is 3.12. The summed E-state index contributed by atoms with van der Waals surface area (Å²) >= 11 is 0. The van der Waals surface area contributed by atoms with Gasteiger partial charge < -0.3 is 15.3 Å². The number of hydrogen-bond acceptors (Lipinski definition) is 3. The summed E-state index contributed by atoms with van der Waals surface area (Å²) < 4.78 is 0. The highest BCUT2D eigenvalue weighted by Gasteiger charge is 2.13. The fourth-order valence-electron chi connectivity index (χ4n) is 2.67. The van der Waals surface area contributed by atoms with Crippen molar-refractivity contribution in [3.8, 4) is 5.75 Å². The van der Waals surface area contributed by atoms with Crippen LogP contribution in [0.5, 0.6) is 5.75 Å². The van der Waals surface area contributed by atoms with E-state index in [0.717, 1.165) is 38.2 Å². The maximum absolute atomic E-state index is 9.30. The minimum Gasteiger partial charge on any atom is -0.508 e. The first-order valence-corrected chi connectivity index (χ1v) is 8.42. The van der Waals surface area contributed by atoms with E-state index in [1.807, 2.05) is 30.4 Å². The van der Waals surface area contributed by atoms with Gasteiger partial charge in [0.25, 0.3) is 0 Å². The van der Waals surface area contributed by atoms with E-state index >= 15 is 0 Å². The third-order valence-corrected chi connectivity index (χ3v) is 4.08. The van der Waals surface area contributed by atoms with Crippen molar-refractivity contribution >= 4 is 5.84 Å². The zero-order chi connectivity index (χ0) is 17.4. The van der Waals surface area contributed by atoms with Gasteiger partial charge >= 0.3 is 0 Å². The van der Waals surface area contributed by atoms with Crippen molar-refractivity contribution in [1.82, 2.24) is 10.2 Å². The summed E-state index contributed by atoms with van der Waals surface area (Å²) in [4.78, 5) is 2.06. The second-order valence-electron chi connectivity index (χ2n) is 6.20. The second kappa shape index (κ2) is 9.08. The van der Waals surface area contributed by atoms with Gasteiger partial charge in [-0.2, -0.15) is 0 Å². The van der Waals surface area contributed by atoms with Gasteiger partial charge in [0.15, 0.2) is 0 Å². The lowest BCUT2D eigenvalue weighted by Gasteiger charge is -2.29. The number of nitrogens with one attached hydrogen (secondary N) is 2. The molecule has 0 spiro atoms. The van der Waals surface area contributed by atoms with Crippen LogP contribution in [0.3, 0.4) is 0 Å². The molecule has 1 aromatic carbocycles. The molecular weight excluding hydrogens is 298 g/mol. The van der Waals surface area contributed by atoms with Crippen LogP contribution in [0.25, 0.3) is 0 Å². The van der Waals surface area contributed by atoms with Gasteiger partial charge in [0.05, 0.1) is 0 Å². The van der Waals surface area contributed by atoms with E-state index in [2.05, 4.69) is 29.8 Å². The van der Waals surface area contributed by atoms with E-state index in [9.17, 15) is 5.11 Å². The van der Waals surface area contributed by atoms with E-state index < -0.39 is 0 Å². The zero-order valence-corrected chi connectivity index (χ0v) is 14.3. The SMILES string of the molecule is C=C(/C=C\C=C/C(C)Cc1ccc(O)cc1)C(=N)N1CCNCC1. The van der Waals surface area contributed by atoms with Crippen LogP contribution in [0.15, 0.2) is 60.7 Å². The lowest BCUT2D eigenvalue weighted by Crippen LogP contribution is -2.46. The van der Waals surface area contributed by atoms with E-state index in [1.165, 1.54) is 5.56 Å². The average molecular weight is 325 g/mol. The van der Waals surface area contributed by atoms with Crippen LogP contribution < -0.4 is 5.32 Å². The molecule has 1 unspecified atom stereocenters. The van der Waals surface area contributed by atoms with Gasteiger partial charge in [-0.1, -0.05) is 49.9 Å². The molecule has 0 amide bonds. The topological polar surface area (TPSA) is 59.4 Å². The molecule has 4 nitrogen and oxygen atoms in total. The number of amidine groups is 1. The Bertz CT molecular complexity index is 610. The van der Waals surface area contributed by atoms with Crippen LogP contribution in [0, 0.1) is 11.3 Å².